The minimum absolute atomic E-state index is 0.102. The van der Waals surface area contributed by atoms with E-state index in [1.165, 1.54) is 9.58 Å². The van der Waals surface area contributed by atoms with Crippen molar-refractivity contribution in [2.75, 3.05) is 19.3 Å². The molecular weight excluding hydrogens is 400 g/mol. The van der Waals surface area contributed by atoms with Gasteiger partial charge >= 0.3 is 0 Å². The smallest absolute Gasteiger partial charge is 0.262 e. The Bertz CT molecular complexity index is 1280. The molecule has 0 spiro atoms. The maximum absolute atomic E-state index is 12.3. The number of hydrogen-bond acceptors (Lipinski definition) is 9. The van der Waals surface area contributed by atoms with Gasteiger partial charge in [0.2, 0.25) is 5.60 Å². The van der Waals surface area contributed by atoms with Gasteiger partial charge in [-0.2, -0.15) is 0 Å². The van der Waals surface area contributed by atoms with E-state index >= 15 is 0 Å². The van der Waals surface area contributed by atoms with Crippen molar-refractivity contribution in [1.82, 2.24) is 34.8 Å². The molecule has 4 aromatic heterocycles. The summed E-state index contributed by atoms with van der Waals surface area (Å²) in [7, 11) is 1.64. The lowest BCUT2D eigenvalue weighted by molar-refractivity contribution is -0.144. The second-order valence-electron chi connectivity index (χ2n) is 7.25. The fraction of sp³-hybridized carbons (Fsp3) is 0.200. The highest BCUT2D eigenvalue weighted by atomic mass is 16.5. The third kappa shape index (κ3) is 3.20. The summed E-state index contributed by atoms with van der Waals surface area (Å²) in [6.07, 6.45) is 3.52. The number of nitrogens with zero attached hydrogens (tertiary/aromatic N) is 7. The Kier molecular flexibility index (Phi) is 4.26. The molecule has 4 aromatic rings. The lowest BCUT2D eigenvalue weighted by atomic mass is 9.98. The van der Waals surface area contributed by atoms with Gasteiger partial charge in [0, 0.05) is 44.5 Å². The number of anilines is 1. The predicted molar refractivity (Wildman–Crippen MR) is 108 cm³/mol. The average molecular weight is 418 g/mol. The summed E-state index contributed by atoms with van der Waals surface area (Å²) < 4.78 is 6.79. The number of hydrogen-bond donors (Lipinski definition) is 2. The molecule has 1 aliphatic rings. The number of pyridine rings is 1. The monoisotopic (exact) mass is 418 g/mol. The Morgan fingerprint density at radius 1 is 1.13 bits per heavy atom. The molecule has 0 aliphatic carbocycles. The molecular formula is C20H18N8O3. The van der Waals surface area contributed by atoms with Gasteiger partial charge in [0.1, 0.15) is 11.5 Å². The van der Waals surface area contributed by atoms with Crippen molar-refractivity contribution in [2.45, 2.75) is 12.0 Å². The molecule has 1 amide bonds. The molecule has 0 unspecified atom stereocenters. The highest BCUT2D eigenvalue weighted by molar-refractivity contribution is 5.87. The fourth-order valence-electron chi connectivity index (χ4n) is 3.44. The maximum atomic E-state index is 12.3. The molecule has 31 heavy (non-hydrogen) atoms. The molecule has 5 heterocycles. The third-order valence-electron chi connectivity index (χ3n) is 5.16. The van der Waals surface area contributed by atoms with Crippen LogP contribution in [0.25, 0.3) is 28.7 Å². The van der Waals surface area contributed by atoms with Gasteiger partial charge in [-0.05, 0) is 18.2 Å². The van der Waals surface area contributed by atoms with Gasteiger partial charge < -0.3 is 20.3 Å². The number of rotatable bonds is 4. The number of carbonyl (C=O) groups excluding carboxylic acids is 1. The first-order chi connectivity index (χ1) is 14.9. The van der Waals surface area contributed by atoms with Crippen molar-refractivity contribution in [1.29, 1.82) is 0 Å². The van der Waals surface area contributed by atoms with Crippen LogP contribution < -0.4 is 5.73 Å². The lowest BCUT2D eigenvalue weighted by Gasteiger charge is -2.16. The van der Waals surface area contributed by atoms with E-state index in [0.717, 1.165) is 0 Å². The van der Waals surface area contributed by atoms with Crippen molar-refractivity contribution in [3.63, 3.8) is 0 Å². The van der Waals surface area contributed by atoms with E-state index in [2.05, 4.69) is 25.2 Å². The second kappa shape index (κ2) is 6.99. The van der Waals surface area contributed by atoms with Crippen LogP contribution in [0.4, 0.5) is 5.82 Å². The molecule has 1 saturated heterocycles. The quantitative estimate of drug-likeness (QED) is 0.495. The Balaban J connectivity index is 1.47. The van der Waals surface area contributed by atoms with E-state index in [-0.39, 0.29) is 12.2 Å². The molecule has 156 valence electrons. The van der Waals surface area contributed by atoms with Crippen LogP contribution in [-0.2, 0) is 10.4 Å². The zero-order valence-electron chi connectivity index (χ0n) is 16.5. The van der Waals surface area contributed by atoms with Crippen LogP contribution in [0.3, 0.4) is 0 Å². The van der Waals surface area contributed by atoms with Crippen LogP contribution in [0.5, 0.6) is 0 Å². The van der Waals surface area contributed by atoms with E-state index in [1.807, 2.05) is 6.07 Å². The van der Waals surface area contributed by atoms with Gasteiger partial charge in [0.05, 0.1) is 17.1 Å². The van der Waals surface area contributed by atoms with Gasteiger partial charge in [-0.25, -0.2) is 19.6 Å². The molecule has 1 atom stereocenters. The Labute approximate surface area is 176 Å². The SMILES string of the molecule is CN1CC[C@@](O)(c2cc(-c3cccc(-c4ccnc(-n5ccc(N)n5)n4)n3)no2)C1=O. The van der Waals surface area contributed by atoms with Gasteiger partial charge in [-0.1, -0.05) is 11.2 Å². The molecule has 0 saturated carbocycles. The van der Waals surface area contributed by atoms with Gasteiger partial charge in [-0.3, -0.25) is 4.79 Å². The maximum Gasteiger partial charge on any atom is 0.262 e. The first-order valence-electron chi connectivity index (χ1n) is 9.51. The minimum Gasteiger partial charge on any atom is -0.382 e. The number of nitrogen functional groups attached to an aromatic ring is 1. The van der Waals surface area contributed by atoms with Crippen molar-refractivity contribution in [3.8, 4) is 28.7 Å². The van der Waals surface area contributed by atoms with Crippen LogP contribution >= 0.6 is 0 Å². The van der Waals surface area contributed by atoms with E-state index in [1.54, 1.807) is 49.8 Å². The summed E-state index contributed by atoms with van der Waals surface area (Å²) in [5, 5.41) is 18.9. The first-order valence-corrected chi connectivity index (χ1v) is 9.51. The number of carbonyl (C=O) groups is 1. The molecule has 5 rings (SSSR count). The molecule has 0 aromatic carbocycles. The van der Waals surface area contributed by atoms with Crippen LogP contribution in [0.15, 0.2) is 53.3 Å². The lowest BCUT2D eigenvalue weighted by Crippen LogP contribution is -2.35. The molecule has 11 heteroatoms. The average Bonchev–Trinajstić information content (AvgIpc) is 3.52. The topological polar surface area (TPSA) is 149 Å². The Hall–Kier alpha value is -4.12. The summed E-state index contributed by atoms with van der Waals surface area (Å²) in [5.41, 5.74) is 6.04. The van der Waals surface area contributed by atoms with Gasteiger partial charge in [0.25, 0.3) is 11.9 Å². The predicted octanol–water partition coefficient (Wildman–Crippen LogP) is 1.01. The summed E-state index contributed by atoms with van der Waals surface area (Å²) in [5.74, 6) is 0.412. The summed E-state index contributed by atoms with van der Waals surface area (Å²) >= 11 is 0. The Morgan fingerprint density at radius 3 is 2.61 bits per heavy atom. The van der Waals surface area contributed by atoms with E-state index in [0.29, 0.717) is 41.1 Å². The molecule has 0 bridgehead atoms. The number of likely N-dealkylation sites (N-methyl/N-ethyl adjacent to an activating group) is 1. The Morgan fingerprint density at radius 2 is 1.90 bits per heavy atom. The molecule has 1 fully saturated rings. The number of likely N-dealkylation sites (tertiary alicyclic amines) is 1. The molecule has 1 aliphatic heterocycles. The van der Waals surface area contributed by atoms with Crippen LogP contribution in [0.2, 0.25) is 0 Å². The zero-order chi connectivity index (χ0) is 21.6. The summed E-state index contributed by atoms with van der Waals surface area (Å²) in [4.78, 5) is 27.1. The van der Waals surface area contributed by atoms with Crippen LogP contribution in [0.1, 0.15) is 12.2 Å². The van der Waals surface area contributed by atoms with E-state index in [9.17, 15) is 9.90 Å². The summed E-state index contributed by atoms with van der Waals surface area (Å²) in [6, 6.07) is 10.3. The number of aliphatic hydroxyl groups is 1. The first kappa shape index (κ1) is 18.9. The molecule has 0 radical (unpaired) electrons. The van der Waals surface area contributed by atoms with Gasteiger partial charge in [0.15, 0.2) is 5.76 Å². The number of aromatic nitrogens is 6. The van der Waals surface area contributed by atoms with Crippen molar-refractivity contribution < 1.29 is 14.4 Å². The minimum atomic E-state index is -1.70. The summed E-state index contributed by atoms with van der Waals surface area (Å²) in [6.45, 7) is 0.442. The second-order valence-corrected chi connectivity index (χ2v) is 7.25. The standard InChI is InChI=1S/C20H18N8O3/c1-27-10-7-20(30,18(27)29)16-11-15(26-31-16)13-4-2-3-12(23-13)14-5-8-22-19(24-14)28-9-6-17(21)25-28/h2-6,8-9,11,30H,7,10H2,1H3,(H2,21,25)/t20-/m1/s1. The largest absolute Gasteiger partial charge is 0.382 e. The highest BCUT2D eigenvalue weighted by Gasteiger charge is 2.48. The van der Waals surface area contributed by atoms with Crippen molar-refractivity contribution in [2.24, 2.45) is 0 Å². The van der Waals surface area contributed by atoms with Crippen molar-refractivity contribution in [3.05, 3.63) is 54.6 Å². The zero-order valence-corrected chi connectivity index (χ0v) is 16.5. The van der Waals surface area contributed by atoms with E-state index in [4.69, 9.17) is 10.3 Å². The normalized spacial score (nSPS) is 18.6. The third-order valence-corrected chi connectivity index (χ3v) is 5.16. The van der Waals surface area contributed by atoms with E-state index < -0.39 is 11.5 Å². The molecule has 11 nitrogen and oxygen atoms in total. The van der Waals surface area contributed by atoms with Crippen LogP contribution in [-0.4, -0.2) is 59.4 Å². The highest BCUT2D eigenvalue weighted by Crippen LogP contribution is 2.34. The number of nitrogens with two attached hydrogens (primary N) is 1. The fourth-order valence-corrected chi connectivity index (χ4v) is 3.44. The van der Waals surface area contributed by atoms with Gasteiger partial charge in [-0.15, -0.1) is 5.10 Å². The number of amides is 1. The van der Waals surface area contributed by atoms with Crippen LogP contribution in [0, 0.1) is 0 Å². The van der Waals surface area contributed by atoms with Crippen molar-refractivity contribution >= 4 is 11.7 Å². The molecule has 3 N–H and O–H groups in total.